The molecular formula is C13H15N5OS. The summed E-state index contributed by atoms with van der Waals surface area (Å²) in [5.74, 6) is 0.131. The van der Waals surface area contributed by atoms with Gasteiger partial charge in [0.05, 0.1) is 12.3 Å². The van der Waals surface area contributed by atoms with E-state index in [2.05, 4.69) is 9.98 Å². The third-order valence-electron chi connectivity index (χ3n) is 2.43. The molecule has 6 nitrogen and oxygen atoms in total. The van der Waals surface area contributed by atoms with Crippen LogP contribution in [0.25, 0.3) is 11.3 Å². The molecule has 7 heteroatoms. The van der Waals surface area contributed by atoms with Crippen LogP contribution in [0.15, 0.2) is 34.6 Å². The fourth-order valence-corrected chi connectivity index (χ4v) is 2.32. The number of rotatable bonds is 4. The number of ether oxygens (including phenoxy) is 1. The van der Waals surface area contributed by atoms with E-state index in [1.165, 1.54) is 11.3 Å². The number of aromatic nitrogens is 1. The molecule has 0 radical (unpaired) electrons. The van der Waals surface area contributed by atoms with Gasteiger partial charge in [-0.05, 0) is 19.1 Å². The summed E-state index contributed by atoms with van der Waals surface area (Å²) in [6.07, 6.45) is 0. The molecule has 0 fully saturated rings. The molecule has 104 valence electrons. The predicted octanol–water partition coefficient (Wildman–Crippen LogP) is 2.08. The molecule has 2 aromatic rings. The molecule has 0 unspecified atom stereocenters. The largest absolute Gasteiger partial charge is 0.478 e. The first-order valence-corrected chi connectivity index (χ1v) is 6.85. The summed E-state index contributed by atoms with van der Waals surface area (Å²) in [5, 5.41) is 10.2. The maximum absolute atomic E-state index is 7.79. The molecule has 0 aliphatic heterocycles. The average molecular weight is 289 g/mol. The van der Waals surface area contributed by atoms with Gasteiger partial charge in [-0.15, -0.1) is 11.3 Å². The summed E-state index contributed by atoms with van der Waals surface area (Å²) >= 11 is 1.35. The predicted molar refractivity (Wildman–Crippen MR) is 81.5 cm³/mol. The van der Waals surface area contributed by atoms with Crippen LogP contribution < -0.4 is 11.5 Å². The molecule has 0 saturated carbocycles. The second-order valence-corrected chi connectivity index (χ2v) is 4.73. The Balaban J connectivity index is 2.29. The minimum atomic E-state index is -0.0159. The fourth-order valence-electron chi connectivity index (χ4n) is 1.61. The van der Waals surface area contributed by atoms with Crippen molar-refractivity contribution >= 4 is 28.3 Å². The summed E-state index contributed by atoms with van der Waals surface area (Å²) in [6.45, 7) is 2.31. The summed E-state index contributed by atoms with van der Waals surface area (Å²) in [5.41, 5.74) is 13.0. The lowest BCUT2D eigenvalue weighted by Gasteiger charge is -2.05. The molecule has 1 heterocycles. The molecule has 20 heavy (non-hydrogen) atoms. The van der Waals surface area contributed by atoms with Gasteiger partial charge in [-0.2, -0.15) is 4.99 Å². The second-order valence-electron chi connectivity index (χ2n) is 3.89. The van der Waals surface area contributed by atoms with Crippen LogP contribution in [-0.2, 0) is 4.74 Å². The maximum atomic E-state index is 7.79. The molecule has 5 N–H and O–H groups in total. The first-order valence-electron chi connectivity index (χ1n) is 5.97. The Morgan fingerprint density at radius 1 is 1.45 bits per heavy atom. The van der Waals surface area contributed by atoms with Gasteiger partial charge in [0.25, 0.3) is 0 Å². The number of hydrogen-bond donors (Lipinski definition) is 3. The van der Waals surface area contributed by atoms with Crippen LogP contribution in [0.4, 0.5) is 5.13 Å². The molecule has 2 rings (SSSR count). The highest BCUT2D eigenvalue weighted by molar-refractivity contribution is 7.13. The lowest BCUT2D eigenvalue weighted by Crippen LogP contribution is -2.21. The second kappa shape index (κ2) is 6.16. The Morgan fingerprint density at radius 2 is 2.25 bits per heavy atom. The van der Waals surface area contributed by atoms with Gasteiger partial charge in [0.2, 0.25) is 11.0 Å². The molecule has 0 atom stereocenters. The Morgan fingerprint density at radius 3 is 2.95 bits per heavy atom. The van der Waals surface area contributed by atoms with Crippen LogP contribution in [-0.4, -0.2) is 23.4 Å². The van der Waals surface area contributed by atoms with Crippen molar-refractivity contribution in [3.8, 4) is 11.3 Å². The number of aliphatic imine (C=N–C) groups is 1. The molecule has 0 aliphatic rings. The van der Waals surface area contributed by atoms with Gasteiger partial charge in [0.15, 0.2) is 5.96 Å². The first kappa shape index (κ1) is 14.0. The minimum absolute atomic E-state index is 0.0159. The third kappa shape index (κ3) is 3.33. The number of nitrogens with zero attached hydrogens (tertiary/aromatic N) is 2. The lowest BCUT2D eigenvalue weighted by atomic mass is 10.1. The van der Waals surface area contributed by atoms with Crippen molar-refractivity contribution in [3.63, 3.8) is 0 Å². The van der Waals surface area contributed by atoms with E-state index in [1.807, 2.05) is 36.6 Å². The molecular weight excluding hydrogens is 274 g/mol. The van der Waals surface area contributed by atoms with Crippen LogP contribution >= 0.6 is 11.3 Å². The van der Waals surface area contributed by atoms with Crippen LogP contribution in [0, 0.1) is 5.41 Å². The number of guanidine groups is 1. The van der Waals surface area contributed by atoms with Gasteiger partial charge < -0.3 is 16.2 Å². The summed E-state index contributed by atoms with van der Waals surface area (Å²) in [7, 11) is 0. The fraction of sp³-hybridized carbons (Fsp3) is 0.154. The SMILES string of the molecule is CCOC(=N)c1cccc(-c2csc(N=C(N)N)n2)c1. The van der Waals surface area contributed by atoms with E-state index in [0.29, 0.717) is 17.3 Å². The quantitative estimate of drug-likeness (QED) is 0.591. The highest BCUT2D eigenvalue weighted by Gasteiger charge is 2.07. The zero-order valence-corrected chi connectivity index (χ0v) is 11.8. The number of thiazole rings is 1. The standard InChI is InChI=1S/C13H15N5OS/c1-2-19-11(14)9-5-3-4-8(6-9)10-7-20-13(17-10)18-12(15)16/h3-7,14H,2H2,1H3,(H4,15,16,17,18). The van der Waals surface area contributed by atoms with Gasteiger partial charge >= 0.3 is 0 Å². The van der Waals surface area contributed by atoms with Gasteiger partial charge in [0, 0.05) is 16.5 Å². The van der Waals surface area contributed by atoms with E-state index in [9.17, 15) is 0 Å². The van der Waals surface area contributed by atoms with E-state index in [4.69, 9.17) is 21.6 Å². The minimum Gasteiger partial charge on any atom is -0.478 e. The van der Waals surface area contributed by atoms with Crippen molar-refractivity contribution < 1.29 is 4.74 Å². The van der Waals surface area contributed by atoms with E-state index in [-0.39, 0.29) is 11.9 Å². The number of benzene rings is 1. The summed E-state index contributed by atoms with van der Waals surface area (Å²) in [6, 6.07) is 7.45. The Kier molecular flexibility index (Phi) is 4.31. The molecule has 1 aromatic heterocycles. The number of hydrogen-bond acceptors (Lipinski definition) is 5. The van der Waals surface area contributed by atoms with Gasteiger partial charge in [0.1, 0.15) is 0 Å². The maximum Gasteiger partial charge on any atom is 0.213 e. The summed E-state index contributed by atoms with van der Waals surface area (Å²) < 4.78 is 5.19. The Labute approximate surface area is 120 Å². The van der Waals surface area contributed by atoms with Crippen molar-refractivity contribution in [1.29, 1.82) is 5.41 Å². The lowest BCUT2D eigenvalue weighted by molar-refractivity contribution is 0.325. The van der Waals surface area contributed by atoms with Crippen LogP contribution in [0.3, 0.4) is 0 Å². The highest BCUT2D eigenvalue weighted by atomic mass is 32.1. The smallest absolute Gasteiger partial charge is 0.213 e. The molecule has 0 spiro atoms. The van der Waals surface area contributed by atoms with E-state index >= 15 is 0 Å². The molecule has 0 aliphatic carbocycles. The van der Waals surface area contributed by atoms with Crippen molar-refractivity contribution in [2.75, 3.05) is 6.61 Å². The molecule has 0 bridgehead atoms. The van der Waals surface area contributed by atoms with Crippen molar-refractivity contribution in [3.05, 3.63) is 35.2 Å². The van der Waals surface area contributed by atoms with Gasteiger partial charge in [-0.25, -0.2) is 4.98 Å². The number of nitrogens with one attached hydrogen (secondary N) is 1. The normalized spacial score (nSPS) is 10.1. The summed E-state index contributed by atoms with van der Waals surface area (Å²) in [4.78, 5) is 8.23. The average Bonchev–Trinajstić information content (AvgIpc) is 2.87. The van der Waals surface area contributed by atoms with Crippen LogP contribution in [0.1, 0.15) is 12.5 Å². The zero-order chi connectivity index (χ0) is 14.5. The van der Waals surface area contributed by atoms with Crippen molar-refractivity contribution in [1.82, 2.24) is 4.98 Å². The van der Waals surface area contributed by atoms with Crippen molar-refractivity contribution in [2.24, 2.45) is 16.5 Å². The topological polar surface area (TPSA) is 110 Å². The number of nitrogens with two attached hydrogens (primary N) is 2. The monoisotopic (exact) mass is 289 g/mol. The van der Waals surface area contributed by atoms with Crippen LogP contribution in [0.2, 0.25) is 0 Å². The zero-order valence-electron chi connectivity index (χ0n) is 11.0. The van der Waals surface area contributed by atoms with E-state index in [0.717, 1.165) is 11.3 Å². The third-order valence-corrected chi connectivity index (χ3v) is 3.16. The van der Waals surface area contributed by atoms with Gasteiger partial charge in [-0.3, -0.25) is 5.41 Å². The first-order chi connectivity index (χ1) is 9.60. The van der Waals surface area contributed by atoms with E-state index < -0.39 is 0 Å². The highest BCUT2D eigenvalue weighted by Crippen LogP contribution is 2.27. The van der Waals surface area contributed by atoms with Crippen LogP contribution in [0.5, 0.6) is 0 Å². The molecule has 0 saturated heterocycles. The van der Waals surface area contributed by atoms with Crippen molar-refractivity contribution in [2.45, 2.75) is 6.92 Å². The molecule has 0 amide bonds. The Bertz CT molecular complexity index is 646. The van der Waals surface area contributed by atoms with Gasteiger partial charge in [-0.1, -0.05) is 12.1 Å². The van der Waals surface area contributed by atoms with E-state index in [1.54, 1.807) is 0 Å². The Hall–Kier alpha value is -2.41. The molecule has 1 aromatic carbocycles.